The molecule has 0 aromatic heterocycles. The summed E-state index contributed by atoms with van der Waals surface area (Å²) in [4.78, 5) is 0. The first kappa shape index (κ1) is 23.2. The molecule has 1 saturated heterocycles. The molecule has 2 aromatic carbocycles. The summed E-state index contributed by atoms with van der Waals surface area (Å²) < 4.78 is 44.5. The van der Waals surface area contributed by atoms with Gasteiger partial charge in [-0.3, -0.25) is 0 Å². The second-order valence-electron chi connectivity index (χ2n) is 8.68. The number of halogens is 3. The molecule has 5 nitrogen and oxygen atoms in total. The van der Waals surface area contributed by atoms with E-state index in [-0.39, 0.29) is 0 Å². The number of hydrogen-bond acceptors (Lipinski definition) is 5. The minimum atomic E-state index is -4.39. The van der Waals surface area contributed by atoms with Gasteiger partial charge in [0.1, 0.15) is 30.5 Å². The van der Waals surface area contributed by atoms with Gasteiger partial charge in [-0.2, -0.15) is 13.2 Å². The fourth-order valence-corrected chi connectivity index (χ4v) is 4.91. The van der Waals surface area contributed by atoms with Gasteiger partial charge in [0, 0.05) is 0 Å². The van der Waals surface area contributed by atoms with E-state index < -0.39 is 48.9 Å². The van der Waals surface area contributed by atoms with Crippen molar-refractivity contribution in [1.29, 1.82) is 0 Å². The molecule has 2 aliphatic rings. The minimum Gasteiger partial charge on any atom is -0.394 e. The summed E-state index contributed by atoms with van der Waals surface area (Å²) in [5, 5.41) is 40.5. The monoisotopic (exact) mass is 452 g/mol. The van der Waals surface area contributed by atoms with Gasteiger partial charge in [-0.1, -0.05) is 18.2 Å². The van der Waals surface area contributed by atoms with E-state index >= 15 is 0 Å². The van der Waals surface area contributed by atoms with Crippen molar-refractivity contribution in [1.82, 2.24) is 0 Å². The Morgan fingerprint density at radius 2 is 1.62 bits per heavy atom. The van der Waals surface area contributed by atoms with Gasteiger partial charge in [-0.05, 0) is 78.1 Å². The molecule has 1 fully saturated rings. The number of aliphatic hydroxyl groups is 4. The third kappa shape index (κ3) is 4.18. The quantitative estimate of drug-likeness (QED) is 0.573. The first-order valence-electron chi connectivity index (χ1n) is 10.7. The van der Waals surface area contributed by atoms with Crippen molar-refractivity contribution in [3.63, 3.8) is 0 Å². The normalized spacial score (nSPS) is 28.1. The Kier molecular flexibility index (Phi) is 6.35. The van der Waals surface area contributed by atoms with Crippen LogP contribution in [0, 0.1) is 6.92 Å². The third-order valence-corrected chi connectivity index (χ3v) is 6.70. The molecule has 174 valence electrons. The van der Waals surface area contributed by atoms with Crippen molar-refractivity contribution in [3.05, 3.63) is 69.3 Å². The molecule has 8 heteroatoms. The molecule has 0 spiro atoms. The van der Waals surface area contributed by atoms with Crippen LogP contribution in [0.1, 0.15) is 51.5 Å². The Bertz CT molecular complexity index is 971. The Morgan fingerprint density at radius 3 is 2.25 bits per heavy atom. The fraction of sp³-hybridized carbons (Fsp3) is 0.500. The zero-order valence-corrected chi connectivity index (χ0v) is 17.6. The van der Waals surface area contributed by atoms with Crippen LogP contribution in [-0.2, 0) is 30.2 Å². The van der Waals surface area contributed by atoms with Gasteiger partial charge in [-0.25, -0.2) is 0 Å². The molecular formula is C24H27F3O5. The van der Waals surface area contributed by atoms with Crippen molar-refractivity contribution in [3.8, 4) is 0 Å². The molecule has 4 N–H and O–H groups in total. The van der Waals surface area contributed by atoms with Crippen LogP contribution < -0.4 is 0 Å². The number of alkyl halides is 3. The van der Waals surface area contributed by atoms with Crippen molar-refractivity contribution in [2.45, 2.75) is 69.3 Å². The van der Waals surface area contributed by atoms with E-state index in [9.17, 15) is 33.6 Å². The molecule has 32 heavy (non-hydrogen) atoms. The molecule has 0 unspecified atom stereocenters. The summed E-state index contributed by atoms with van der Waals surface area (Å²) in [6, 6.07) is 6.96. The molecule has 0 amide bonds. The van der Waals surface area contributed by atoms with E-state index in [4.69, 9.17) is 4.74 Å². The number of aliphatic hydroxyl groups excluding tert-OH is 4. The zero-order chi connectivity index (χ0) is 23.2. The predicted molar refractivity (Wildman–Crippen MR) is 110 cm³/mol. The first-order valence-corrected chi connectivity index (χ1v) is 10.7. The van der Waals surface area contributed by atoms with Gasteiger partial charge in [0.25, 0.3) is 0 Å². The summed E-state index contributed by atoms with van der Waals surface area (Å²) in [6.45, 7) is 1.41. The Labute approximate surface area is 184 Å². The van der Waals surface area contributed by atoms with Gasteiger partial charge in [0.2, 0.25) is 0 Å². The predicted octanol–water partition coefficient (Wildman–Crippen LogP) is 2.61. The van der Waals surface area contributed by atoms with Crippen molar-refractivity contribution in [2.24, 2.45) is 0 Å². The molecule has 4 rings (SSSR count). The maximum atomic E-state index is 12.9. The smallest absolute Gasteiger partial charge is 0.394 e. The van der Waals surface area contributed by atoms with E-state index in [0.29, 0.717) is 12.0 Å². The SMILES string of the molecule is Cc1c([C@@H]2O[C@H](CO)[C@@H](O)[C@H](O)[C@H]2O)cc(Cc2ccc(C(F)(F)F)cc2)c2c1CCC2. The Morgan fingerprint density at radius 1 is 0.969 bits per heavy atom. The molecule has 0 bridgehead atoms. The number of benzene rings is 2. The van der Waals surface area contributed by atoms with E-state index in [1.807, 2.05) is 13.0 Å². The van der Waals surface area contributed by atoms with Crippen molar-refractivity contribution < 1.29 is 38.3 Å². The van der Waals surface area contributed by atoms with Crippen LogP contribution in [0.5, 0.6) is 0 Å². The van der Waals surface area contributed by atoms with Crippen LogP contribution in [0.4, 0.5) is 13.2 Å². The Hall–Kier alpha value is -1.97. The largest absolute Gasteiger partial charge is 0.416 e. The molecule has 1 aliphatic heterocycles. The number of fused-ring (bicyclic) bond motifs is 1. The number of hydrogen-bond donors (Lipinski definition) is 4. The van der Waals surface area contributed by atoms with Gasteiger partial charge < -0.3 is 25.2 Å². The van der Waals surface area contributed by atoms with E-state index in [1.54, 1.807) is 0 Å². The standard InChI is InChI=1S/C24H27F3O5/c1-12-16-3-2-4-17(16)14(9-13-5-7-15(8-6-13)24(25,26)27)10-18(12)23-22(31)21(30)20(29)19(11-28)32-23/h5-8,10,19-23,28-31H,2-4,9,11H2,1H3/t19-,20-,21+,22-,23+/m1/s1. The van der Waals surface area contributed by atoms with Gasteiger partial charge in [0.15, 0.2) is 0 Å². The Balaban J connectivity index is 1.71. The average molecular weight is 452 g/mol. The van der Waals surface area contributed by atoms with Crippen molar-refractivity contribution in [2.75, 3.05) is 6.61 Å². The lowest BCUT2D eigenvalue weighted by Gasteiger charge is -2.41. The highest BCUT2D eigenvalue weighted by molar-refractivity contribution is 5.50. The highest BCUT2D eigenvalue weighted by Crippen LogP contribution is 2.40. The van der Waals surface area contributed by atoms with Gasteiger partial charge >= 0.3 is 6.18 Å². The minimum absolute atomic E-state index is 0.422. The summed E-state index contributed by atoms with van der Waals surface area (Å²) >= 11 is 0. The van der Waals surface area contributed by atoms with E-state index in [1.165, 1.54) is 12.1 Å². The fourth-order valence-electron chi connectivity index (χ4n) is 4.91. The lowest BCUT2D eigenvalue weighted by molar-refractivity contribution is -0.231. The highest BCUT2D eigenvalue weighted by Gasteiger charge is 2.44. The topological polar surface area (TPSA) is 90.2 Å². The molecular weight excluding hydrogens is 425 g/mol. The summed E-state index contributed by atoms with van der Waals surface area (Å²) in [5.41, 5.74) is 4.85. The number of rotatable bonds is 4. The molecule has 2 aromatic rings. The molecule has 0 saturated carbocycles. The maximum absolute atomic E-state index is 12.9. The van der Waals surface area contributed by atoms with Crippen LogP contribution >= 0.6 is 0 Å². The number of ether oxygens (including phenoxy) is 1. The van der Waals surface area contributed by atoms with Gasteiger partial charge in [0.05, 0.1) is 12.2 Å². The van der Waals surface area contributed by atoms with Crippen LogP contribution in [0.2, 0.25) is 0 Å². The third-order valence-electron chi connectivity index (χ3n) is 6.70. The second kappa shape index (κ2) is 8.76. The van der Waals surface area contributed by atoms with Gasteiger partial charge in [-0.15, -0.1) is 0 Å². The van der Waals surface area contributed by atoms with Crippen LogP contribution in [0.15, 0.2) is 30.3 Å². The molecule has 0 radical (unpaired) electrons. The lowest BCUT2D eigenvalue weighted by atomic mass is 9.84. The molecule has 1 heterocycles. The average Bonchev–Trinajstić information content (AvgIpc) is 3.25. The van der Waals surface area contributed by atoms with Crippen LogP contribution in [-0.4, -0.2) is 51.4 Å². The van der Waals surface area contributed by atoms with E-state index in [2.05, 4.69) is 0 Å². The summed E-state index contributed by atoms with van der Waals surface area (Å²) in [5.74, 6) is 0. The molecule has 5 atom stereocenters. The highest BCUT2D eigenvalue weighted by atomic mass is 19.4. The second-order valence-corrected chi connectivity index (χ2v) is 8.68. The first-order chi connectivity index (χ1) is 15.1. The van der Waals surface area contributed by atoms with Crippen LogP contribution in [0.3, 0.4) is 0 Å². The summed E-state index contributed by atoms with van der Waals surface area (Å²) in [6.07, 6.45) is -7.56. The summed E-state index contributed by atoms with van der Waals surface area (Å²) in [7, 11) is 0. The lowest BCUT2D eigenvalue weighted by Crippen LogP contribution is -2.55. The molecule has 1 aliphatic carbocycles. The zero-order valence-electron chi connectivity index (χ0n) is 17.6. The van der Waals surface area contributed by atoms with Crippen molar-refractivity contribution >= 4 is 0 Å². The van der Waals surface area contributed by atoms with Crippen LogP contribution in [0.25, 0.3) is 0 Å². The maximum Gasteiger partial charge on any atom is 0.416 e. The van der Waals surface area contributed by atoms with E-state index in [0.717, 1.165) is 59.2 Å².